The van der Waals surface area contributed by atoms with E-state index < -0.39 is 52.1 Å². The largest absolute Gasteiger partial charge is 0.388 e. The van der Waals surface area contributed by atoms with Crippen molar-refractivity contribution in [3.63, 3.8) is 0 Å². The Morgan fingerprint density at radius 2 is 1.96 bits per heavy atom. The van der Waals surface area contributed by atoms with E-state index in [-0.39, 0.29) is 18.1 Å². The molecule has 0 spiro atoms. The maximum absolute atomic E-state index is 16.8. The van der Waals surface area contributed by atoms with Crippen molar-refractivity contribution in [3.8, 4) is 0 Å². The van der Waals surface area contributed by atoms with Crippen LogP contribution < -0.4 is 0 Å². The van der Waals surface area contributed by atoms with E-state index in [1.807, 2.05) is 0 Å². The quantitative estimate of drug-likeness (QED) is 0.753. The van der Waals surface area contributed by atoms with E-state index in [2.05, 4.69) is 0 Å². The summed E-state index contributed by atoms with van der Waals surface area (Å²) < 4.78 is 16.8. The van der Waals surface area contributed by atoms with Gasteiger partial charge in [-0.15, -0.1) is 0 Å². The van der Waals surface area contributed by atoms with E-state index in [4.69, 9.17) is 0 Å². The Hall–Kier alpha value is -1.66. The molecule has 152 valence electrons. The van der Waals surface area contributed by atoms with Crippen LogP contribution in [-0.2, 0) is 14.4 Å². The number of carbonyl (C=O) groups is 3. The monoisotopic (exact) mass is 390 g/mol. The number of hydrogen-bond donors (Lipinski definition) is 2. The molecule has 28 heavy (non-hydrogen) atoms. The third-order valence-electron chi connectivity index (χ3n) is 8.55. The molecule has 0 bridgehead atoms. The SMILES string of the molecule is C[C@H]1C[C@H]2[C@@H]3CCC4=CC(=O)C=C[C@]4(C)[C@@]3(F)C(=O)C[C@]2(C)[C@@]1(O)C(=O)CO. The zero-order valence-corrected chi connectivity index (χ0v) is 16.5. The van der Waals surface area contributed by atoms with Gasteiger partial charge >= 0.3 is 0 Å². The van der Waals surface area contributed by atoms with Crippen molar-refractivity contribution in [2.45, 2.75) is 57.7 Å². The summed E-state index contributed by atoms with van der Waals surface area (Å²) in [6, 6.07) is 0. The Labute approximate surface area is 163 Å². The number of halogens is 1. The lowest BCUT2D eigenvalue weighted by Crippen LogP contribution is -2.68. The Balaban J connectivity index is 1.85. The van der Waals surface area contributed by atoms with Gasteiger partial charge in [0.1, 0.15) is 12.2 Å². The highest BCUT2D eigenvalue weighted by Crippen LogP contribution is 2.69. The number of fused-ring (bicyclic) bond motifs is 5. The molecule has 0 aromatic heterocycles. The van der Waals surface area contributed by atoms with Gasteiger partial charge in [0.2, 0.25) is 0 Å². The van der Waals surface area contributed by atoms with Crippen molar-refractivity contribution in [2.75, 3.05) is 6.61 Å². The molecule has 0 saturated heterocycles. The third-order valence-corrected chi connectivity index (χ3v) is 8.55. The van der Waals surface area contributed by atoms with Gasteiger partial charge in [0, 0.05) is 23.2 Å². The Morgan fingerprint density at radius 1 is 1.29 bits per heavy atom. The molecule has 7 atom stereocenters. The number of allylic oxidation sites excluding steroid dienone is 4. The number of rotatable bonds is 2. The number of carbonyl (C=O) groups excluding carboxylic acids is 3. The second kappa shape index (κ2) is 5.70. The molecule has 4 rings (SSSR count). The van der Waals surface area contributed by atoms with E-state index >= 15 is 4.39 Å². The van der Waals surface area contributed by atoms with Gasteiger partial charge in [0.05, 0.1) is 0 Å². The first-order valence-corrected chi connectivity index (χ1v) is 9.99. The molecular formula is C22H27FO5. The summed E-state index contributed by atoms with van der Waals surface area (Å²) in [6.45, 7) is 4.30. The van der Waals surface area contributed by atoms with Crippen molar-refractivity contribution in [1.29, 1.82) is 0 Å². The molecule has 2 N–H and O–H groups in total. The molecule has 0 radical (unpaired) electrons. The topological polar surface area (TPSA) is 91.7 Å². The van der Waals surface area contributed by atoms with Crippen molar-refractivity contribution >= 4 is 17.3 Å². The minimum absolute atomic E-state index is 0.194. The smallest absolute Gasteiger partial charge is 0.190 e. The third kappa shape index (κ3) is 1.96. The second-order valence-corrected chi connectivity index (χ2v) is 9.57. The van der Waals surface area contributed by atoms with Crippen LogP contribution in [0.3, 0.4) is 0 Å². The number of alkyl halides is 1. The van der Waals surface area contributed by atoms with E-state index in [1.54, 1.807) is 20.8 Å². The lowest BCUT2D eigenvalue weighted by molar-refractivity contribution is -0.187. The Bertz CT molecular complexity index is 846. The van der Waals surface area contributed by atoms with E-state index in [1.165, 1.54) is 18.2 Å². The molecular weight excluding hydrogens is 363 g/mol. The lowest BCUT2D eigenvalue weighted by Gasteiger charge is -2.59. The maximum Gasteiger partial charge on any atom is 0.190 e. The highest BCUT2D eigenvalue weighted by molar-refractivity contribution is 6.03. The fourth-order valence-electron chi connectivity index (χ4n) is 6.99. The standard InChI is InChI=1S/C22H27FO5/c1-12-8-16-15-5-4-13-9-14(25)6-7-19(13,2)21(15,23)17(26)10-20(16,3)22(12,28)18(27)11-24/h6-7,9,12,15-16,24,28H,4-5,8,10-11H2,1-3H3/t12-,15-,16-,19-,20-,21-,22-/m0/s1. The van der Waals surface area contributed by atoms with Crippen LogP contribution in [0.1, 0.15) is 46.5 Å². The van der Waals surface area contributed by atoms with Crippen molar-refractivity contribution in [3.05, 3.63) is 23.8 Å². The average molecular weight is 390 g/mol. The molecule has 0 heterocycles. The van der Waals surface area contributed by atoms with Crippen molar-refractivity contribution < 1.29 is 29.0 Å². The number of ketones is 3. The van der Waals surface area contributed by atoms with Gasteiger partial charge < -0.3 is 10.2 Å². The average Bonchev–Trinajstić information content (AvgIpc) is 2.84. The van der Waals surface area contributed by atoms with E-state index in [0.717, 1.165) is 0 Å². The first kappa shape index (κ1) is 19.6. The van der Waals surface area contributed by atoms with Gasteiger partial charge in [0.25, 0.3) is 0 Å². The first-order chi connectivity index (χ1) is 13.0. The predicted octanol–water partition coefficient (Wildman–Crippen LogP) is 2.10. The van der Waals surface area contributed by atoms with Crippen LogP contribution in [0, 0.1) is 28.6 Å². The Morgan fingerprint density at radius 3 is 2.61 bits per heavy atom. The van der Waals surface area contributed by atoms with Gasteiger partial charge in [-0.3, -0.25) is 14.4 Å². The number of Topliss-reactive ketones (excluding diaryl/α,β-unsaturated/α-hetero) is 2. The van der Waals surface area contributed by atoms with Crippen molar-refractivity contribution in [2.24, 2.45) is 28.6 Å². The molecule has 0 unspecified atom stereocenters. The van der Waals surface area contributed by atoms with E-state index in [0.29, 0.717) is 24.8 Å². The van der Waals surface area contributed by atoms with Gasteiger partial charge in [0.15, 0.2) is 23.0 Å². The van der Waals surface area contributed by atoms with Crippen LogP contribution in [0.15, 0.2) is 23.8 Å². The summed E-state index contributed by atoms with van der Waals surface area (Å²) in [6.07, 6.45) is 5.35. The summed E-state index contributed by atoms with van der Waals surface area (Å²) >= 11 is 0. The molecule has 5 nitrogen and oxygen atoms in total. The zero-order chi connectivity index (χ0) is 20.7. The van der Waals surface area contributed by atoms with Crippen LogP contribution in [0.5, 0.6) is 0 Å². The van der Waals surface area contributed by atoms with Gasteiger partial charge in [-0.25, -0.2) is 4.39 Å². The highest BCUT2D eigenvalue weighted by atomic mass is 19.1. The van der Waals surface area contributed by atoms with Crippen LogP contribution >= 0.6 is 0 Å². The predicted molar refractivity (Wildman–Crippen MR) is 98.9 cm³/mol. The van der Waals surface area contributed by atoms with Gasteiger partial charge in [-0.2, -0.15) is 0 Å². The van der Waals surface area contributed by atoms with E-state index in [9.17, 15) is 24.6 Å². The molecule has 0 amide bonds. The summed E-state index contributed by atoms with van der Waals surface area (Å²) in [7, 11) is 0. The van der Waals surface area contributed by atoms with Gasteiger partial charge in [-0.05, 0) is 50.2 Å². The highest BCUT2D eigenvalue weighted by Gasteiger charge is 2.75. The fourth-order valence-corrected chi connectivity index (χ4v) is 6.99. The summed E-state index contributed by atoms with van der Waals surface area (Å²) in [5.41, 5.74) is -5.68. The number of hydrogen-bond acceptors (Lipinski definition) is 5. The Kier molecular flexibility index (Phi) is 4.00. The lowest BCUT2D eigenvalue weighted by atomic mass is 9.45. The molecule has 3 saturated carbocycles. The zero-order valence-electron chi connectivity index (χ0n) is 16.5. The van der Waals surface area contributed by atoms with Crippen LogP contribution in [-0.4, -0.2) is 45.4 Å². The minimum atomic E-state index is -2.17. The fraction of sp³-hybridized carbons (Fsp3) is 0.682. The number of aliphatic hydroxyl groups is 2. The molecule has 0 aliphatic heterocycles. The molecule has 4 aliphatic rings. The van der Waals surface area contributed by atoms with Crippen LogP contribution in [0.25, 0.3) is 0 Å². The molecule has 6 heteroatoms. The maximum atomic E-state index is 16.8. The second-order valence-electron chi connectivity index (χ2n) is 9.57. The molecule has 3 fully saturated rings. The van der Waals surface area contributed by atoms with Crippen molar-refractivity contribution in [1.82, 2.24) is 0 Å². The van der Waals surface area contributed by atoms with Crippen LogP contribution in [0.2, 0.25) is 0 Å². The summed E-state index contributed by atoms with van der Waals surface area (Å²) in [5, 5.41) is 20.8. The van der Waals surface area contributed by atoms with Gasteiger partial charge in [-0.1, -0.05) is 25.5 Å². The summed E-state index contributed by atoms with van der Waals surface area (Å²) in [5.74, 6) is -3.01. The molecule has 4 aliphatic carbocycles. The molecule has 0 aromatic carbocycles. The summed E-state index contributed by atoms with van der Waals surface area (Å²) in [4.78, 5) is 37.7. The molecule has 0 aromatic rings. The normalized spacial score (nSPS) is 49.9. The number of aliphatic hydroxyl groups excluding tert-OH is 1. The first-order valence-electron chi connectivity index (χ1n) is 9.99. The minimum Gasteiger partial charge on any atom is -0.388 e. The van der Waals surface area contributed by atoms with Crippen LogP contribution in [0.4, 0.5) is 4.39 Å².